The van der Waals surface area contributed by atoms with Gasteiger partial charge in [-0.1, -0.05) is 40.9 Å². The van der Waals surface area contributed by atoms with Gasteiger partial charge in [-0.15, -0.1) is 0 Å². The van der Waals surface area contributed by atoms with Crippen molar-refractivity contribution in [1.29, 1.82) is 0 Å². The average molecular weight is 334 g/mol. The quantitative estimate of drug-likeness (QED) is 0.901. The van der Waals surface area contributed by atoms with Crippen LogP contribution in [0.15, 0.2) is 41.1 Å². The van der Waals surface area contributed by atoms with Gasteiger partial charge in [0.15, 0.2) is 0 Å². The second kappa shape index (κ2) is 5.40. The van der Waals surface area contributed by atoms with Crippen molar-refractivity contribution in [3.8, 4) is 0 Å². The van der Waals surface area contributed by atoms with Gasteiger partial charge < -0.3 is 5.32 Å². The molecule has 20 heavy (non-hydrogen) atoms. The number of H-pyrrole nitrogens is 1. The maximum absolute atomic E-state index is 12.8. The highest BCUT2D eigenvalue weighted by atomic mass is 79.9. The van der Waals surface area contributed by atoms with Crippen LogP contribution in [0.25, 0.3) is 0 Å². The molecule has 0 saturated heterocycles. The molecule has 0 bridgehead atoms. The fraction of sp³-hybridized carbons (Fsp3) is 0.333. The number of halogens is 1. The Morgan fingerprint density at radius 2 is 2.15 bits per heavy atom. The molecule has 1 heterocycles. The number of amides is 1. The fourth-order valence-electron chi connectivity index (χ4n) is 2.98. The molecule has 0 radical (unpaired) electrons. The number of carbonyl (C=O) groups is 1. The van der Waals surface area contributed by atoms with E-state index in [1.165, 1.54) is 0 Å². The lowest BCUT2D eigenvalue weighted by Gasteiger charge is -2.28. The first-order valence-electron chi connectivity index (χ1n) is 6.77. The van der Waals surface area contributed by atoms with Crippen molar-refractivity contribution >= 4 is 27.5 Å². The third kappa shape index (κ3) is 2.38. The van der Waals surface area contributed by atoms with E-state index < -0.39 is 5.41 Å². The van der Waals surface area contributed by atoms with E-state index in [2.05, 4.69) is 37.5 Å². The number of carbonyl (C=O) groups excluding carboxylic acids is 1. The number of anilines is 1. The molecule has 1 amide bonds. The van der Waals surface area contributed by atoms with Crippen LogP contribution in [-0.4, -0.2) is 16.1 Å². The van der Waals surface area contributed by atoms with Crippen LogP contribution in [0.3, 0.4) is 0 Å². The number of benzene rings is 1. The summed E-state index contributed by atoms with van der Waals surface area (Å²) in [5, 5.41) is 9.55. The molecule has 5 heteroatoms. The summed E-state index contributed by atoms with van der Waals surface area (Å²) in [6, 6.07) is 8.08. The Labute approximate surface area is 126 Å². The Balaban J connectivity index is 1.93. The second-order valence-corrected chi connectivity index (χ2v) is 6.16. The van der Waals surface area contributed by atoms with E-state index in [4.69, 9.17) is 0 Å². The van der Waals surface area contributed by atoms with Gasteiger partial charge in [0.05, 0.1) is 17.3 Å². The second-order valence-electron chi connectivity index (χ2n) is 5.24. The number of aromatic nitrogens is 2. The minimum Gasteiger partial charge on any atom is -0.323 e. The molecular weight excluding hydrogens is 318 g/mol. The number of rotatable bonds is 3. The first kappa shape index (κ1) is 13.4. The zero-order valence-electron chi connectivity index (χ0n) is 11.0. The van der Waals surface area contributed by atoms with Crippen molar-refractivity contribution in [2.24, 2.45) is 0 Å². The topological polar surface area (TPSA) is 57.8 Å². The molecule has 4 nitrogen and oxygen atoms in total. The standard InChI is InChI=1S/C15H16BrN3O/c16-12-5-3-4-11(8-12)15(6-1-2-7-15)14(20)19-13-9-17-18-10-13/h3-5,8-10H,1-2,6-7H2,(H,17,18)(H,19,20). The summed E-state index contributed by atoms with van der Waals surface area (Å²) in [5.41, 5.74) is 1.39. The maximum Gasteiger partial charge on any atom is 0.235 e. The summed E-state index contributed by atoms with van der Waals surface area (Å²) in [6.45, 7) is 0. The molecule has 0 atom stereocenters. The van der Waals surface area contributed by atoms with Gasteiger partial charge in [0.25, 0.3) is 0 Å². The highest BCUT2D eigenvalue weighted by Crippen LogP contribution is 2.42. The van der Waals surface area contributed by atoms with Crippen LogP contribution < -0.4 is 5.32 Å². The summed E-state index contributed by atoms with van der Waals surface area (Å²) in [5.74, 6) is 0.0644. The third-order valence-electron chi connectivity index (χ3n) is 4.03. The highest BCUT2D eigenvalue weighted by molar-refractivity contribution is 9.10. The Morgan fingerprint density at radius 3 is 2.80 bits per heavy atom. The van der Waals surface area contributed by atoms with Crippen LogP contribution in [0.4, 0.5) is 5.69 Å². The van der Waals surface area contributed by atoms with Crippen LogP contribution >= 0.6 is 15.9 Å². The monoisotopic (exact) mass is 333 g/mol. The molecule has 2 N–H and O–H groups in total. The van der Waals surface area contributed by atoms with Crippen LogP contribution in [-0.2, 0) is 10.2 Å². The first-order valence-corrected chi connectivity index (χ1v) is 7.56. The molecule has 1 aromatic heterocycles. The Kier molecular flexibility index (Phi) is 3.61. The van der Waals surface area contributed by atoms with Crippen molar-refractivity contribution in [1.82, 2.24) is 10.2 Å². The van der Waals surface area contributed by atoms with Crippen LogP contribution in [0.1, 0.15) is 31.2 Å². The fourth-order valence-corrected chi connectivity index (χ4v) is 3.38. The molecule has 3 rings (SSSR count). The van der Waals surface area contributed by atoms with Gasteiger partial charge in [0.1, 0.15) is 0 Å². The van der Waals surface area contributed by atoms with Crippen molar-refractivity contribution in [3.63, 3.8) is 0 Å². The lowest BCUT2D eigenvalue weighted by molar-refractivity contribution is -0.121. The molecule has 2 aromatic rings. The van der Waals surface area contributed by atoms with Crippen molar-refractivity contribution in [3.05, 3.63) is 46.7 Å². The molecule has 1 saturated carbocycles. The van der Waals surface area contributed by atoms with Gasteiger partial charge in [-0.25, -0.2) is 0 Å². The van der Waals surface area contributed by atoms with E-state index in [1.54, 1.807) is 12.4 Å². The van der Waals surface area contributed by atoms with E-state index in [-0.39, 0.29) is 5.91 Å². The highest BCUT2D eigenvalue weighted by Gasteiger charge is 2.42. The number of hydrogen-bond donors (Lipinski definition) is 2. The summed E-state index contributed by atoms with van der Waals surface area (Å²) in [4.78, 5) is 12.8. The maximum atomic E-state index is 12.8. The molecule has 0 aliphatic heterocycles. The molecule has 1 aromatic carbocycles. The van der Waals surface area contributed by atoms with Gasteiger partial charge in [-0.05, 0) is 30.5 Å². The van der Waals surface area contributed by atoms with Crippen molar-refractivity contribution in [2.75, 3.05) is 5.32 Å². The lowest BCUT2D eigenvalue weighted by atomic mass is 9.78. The van der Waals surface area contributed by atoms with Gasteiger partial charge in [0.2, 0.25) is 5.91 Å². The van der Waals surface area contributed by atoms with Gasteiger partial charge in [-0.2, -0.15) is 5.10 Å². The first-order chi connectivity index (χ1) is 9.71. The van der Waals surface area contributed by atoms with E-state index in [0.717, 1.165) is 41.4 Å². The van der Waals surface area contributed by atoms with Crippen molar-refractivity contribution in [2.45, 2.75) is 31.1 Å². The molecule has 1 fully saturated rings. The summed E-state index contributed by atoms with van der Waals surface area (Å²) >= 11 is 3.50. The van der Waals surface area contributed by atoms with E-state index in [9.17, 15) is 4.79 Å². The lowest BCUT2D eigenvalue weighted by Crippen LogP contribution is -2.37. The smallest absolute Gasteiger partial charge is 0.235 e. The summed E-state index contributed by atoms with van der Waals surface area (Å²) < 4.78 is 1.01. The summed E-state index contributed by atoms with van der Waals surface area (Å²) in [6.07, 6.45) is 7.29. The minimum atomic E-state index is -0.416. The molecule has 0 unspecified atom stereocenters. The zero-order chi connectivity index (χ0) is 14.0. The predicted molar refractivity (Wildman–Crippen MR) is 81.5 cm³/mol. The number of nitrogens with one attached hydrogen (secondary N) is 2. The van der Waals surface area contributed by atoms with Crippen LogP contribution in [0.5, 0.6) is 0 Å². The number of nitrogens with zero attached hydrogens (tertiary/aromatic N) is 1. The Bertz CT molecular complexity index is 603. The predicted octanol–water partition coefficient (Wildman–Crippen LogP) is 3.62. The Hall–Kier alpha value is -1.62. The van der Waals surface area contributed by atoms with Gasteiger partial charge in [-0.3, -0.25) is 9.89 Å². The molecule has 1 aliphatic rings. The van der Waals surface area contributed by atoms with E-state index in [0.29, 0.717) is 0 Å². The number of hydrogen-bond acceptors (Lipinski definition) is 2. The zero-order valence-corrected chi connectivity index (χ0v) is 12.6. The van der Waals surface area contributed by atoms with Crippen LogP contribution in [0, 0.1) is 0 Å². The molecule has 0 spiro atoms. The molecule has 1 aliphatic carbocycles. The number of aromatic amines is 1. The van der Waals surface area contributed by atoms with E-state index in [1.807, 2.05) is 18.2 Å². The van der Waals surface area contributed by atoms with Crippen LogP contribution in [0.2, 0.25) is 0 Å². The molecule has 104 valence electrons. The average Bonchev–Trinajstić information content (AvgIpc) is 3.10. The largest absolute Gasteiger partial charge is 0.323 e. The van der Waals surface area contributed by atoms with Crippen molar-refractivity contribution < 1.29 is 4.79 Å². The van der Waals surface area contributed by atoms with Gasteiger partial charge >= 0.3 is 0 Å². The summed E-state index contributed by atoms with van der Waals surface area (Å²) in [7, 11) is 0. The normalized spacial score (nSPS) is 17.1. The molecular formula is C15H16BrN3O. The minimum absolute atomic E-state index is 0.0644. The SMILES string of the molecule is O=C(Nc1cn[nH]c1)C1(c2cccc(Br)c2)CCCC1. The van der Waals surface area contributed by atoms with Gasteiger partial charge in [0, 0.05) is 10.7 Å². The Morgan fingerprint density at radius 1 is 1.35 bits per heavy atom. The van der Waals surface area contributed by atoms with E-state index >= 15 is 0 Å². The third-order valence-corrected chi connectivity index (χ3v) is 4.52.